The topological polar surface area (TPSA) is 43.1 Å². The predicted octanol–water partition coefficient (Wildman–Crippen LogP) is 3.99. The molecule has 3 rings (SSSR count). The third kappa shape index (κ3) is 2.27. The summed E-state index contributed by atoms with van der Waals surface area (Å²) < 4.78 is 0. The molecule has 0 saturated carbocycles. The zero-order valence-electron chi connectivity index (χ0n) is 11.9. The molecule has 0 amide bonds. The second-order valence-corrected chi connectivity index (χ2v) is 6.93. The Balaban J connectivity index is 2.05. The fraction of sp³-hybridized carbons (Fsp3) is 0.353. The van der Waals surface area contributed by atoms with Gasteiger partial charge in [-0.05, 0) is 43.7 Å². The Kier molecular flexibility index (Phi) is 3.38. The van der Waals surface area contributed by atoms with E-state index in [1.165, 1.54) is 10.4 Å². The van der Waals surface area contributed by atoms with Crippen molar-refractivity contribution in [1.82, 2.24) is 0 Å². The molecule has 1 aliphatic carbocycles. The summed E-state index contributed by atoms with van der Waals surface area (Å²) in [6, 6.07) is 7.76. The van der Waals surface area contributed by atoms with E-state index in [0.29, 0.717) is 10.9 Å². The van der Waals surface area contributed by atoms with Crippen LogP contribution >= 0.6 is 11.3 Å². The van der Waals surface area contributed by atoms with E-state index in [0.717, 1.165) is 36.0 Å². The van der Waals surface area contributed by atoms with Crippen LogP contribution in [0, 0.1) is 12.8 Å². The fourth-order valence-corrected chi connectivity index (χ4v) is 4.23. The second-order valence-electron chi connectivity index (χ2n) is 5.79. The Morgan fingerprint density at radius 2 is 2.20 bits per heavy atom. The van der Waals surface area contributed by atoms with Gasteiger partial charge in [-0.1, -0.05) is 30.7 Å². The number of rotatable bonds is 2. The average Bonchev–Trinajstić information content (AvgIpc) is 2.73. The number of nitrogens with two attached hydrogens (primary N) is 1. The highest BCUT2D eigenvalue weighted by Crippen LogP contribution is 2.39. The van der Waals surface area contributed by atoms with Gasteiger partial charge >= 0.3 is 0 Å². The van der Waals surface area contributed by atoms with Gasteiger partial charge in [-0.15, -0.1) is 11.3 Å². The summed E-state index contributed by atoms with van der Waals surface area (Å²) in [4.78, 5) is 14.1. The molecule has 2 N–H and O–H groups in total. The quantitative estimate of drug-likeness (QED) is 0.848. The van der Waals surface area contributed by atoms with Crippen LogP contribution in [0.4, 0.5) is 5.00 Å². The summed E-state index contributed by atoms with van der Waals surface area (Å²) in [5, 5.41) is 0.690. The number of hydrogen-bond donors (Lipinski definition) is 1. The monoisotopic (exact) mass is 285 g/mol. The molecule has 3 heteroatoms. The second kappa shape index (κ2) is 5.06. The maximum absolute atomic E-state index is 12.8. The molecule has 0 radical (unpaired) electrons. The highest BCUT2D eigenvalue weighted by Gasteiger charge is 2.26. The van der Waals surface area contributed by atoms with Crippen LogP contribution in [0.1, 0.15) is 45.3 Å². The number of carbonyl (C=O) groups is 1. The van der Waals surface area contributed by atoms with Gasteiger partial charge in [0.2, 0.25) is 0 Å². The van der Waals surface area contributed by atoms with Crippen molar-refractivity contribution in [2.75, 3.05) is 5.73 Å². The van der Waals surface area contributed by atoms with Gasteiger partial charge in [-0.25, -0.2) is 0 Å². The van der Waals surface area contributed by atoms with Crippen molar-refractivity contribution in [2.24, 2.45) is 5.92 Å². The molecule has 104 valence electrons. The lowest BCUT2D eigenvalue weighted by molar-refractivity contribution is 0.103. The van der Waals surface area contributed by atoms with E-state index < -0.39 is 0 Å². The molecule has 0 fully saturated rings. The van der Waals surface area contributed by atoms with E-state index in [4.69, 9.17) is 5.73 Å². The van der Waals surface area contributed by atoms with Crippen LogP contribution in [0.5, 0.6) is 0 Å². The highest BCUT2D eigenvalue weighted by molar-refractivity contribution is 7.16. The maximum atomic E-state index is 12.8. The van der Waals surface area contributed by atoms with Crippen LogP contribution in [0.3, 0.4) is 0 Å². The van der Waals surface area contributed by atoms with Gasteiger partial charge in [0.15, 0.2) is 5.78 Å². The van der Waals surface area contributed by atoms with Gasteiger partial charge in [-0.2, -0.15) is 0 Å². The average molecular weight is 285 g/mol. The van der Waals surface area contributed by atoms with Crippen molar-refractivity contribution in [3.05, 3.63) is 51.4 Å². The van der Waals surface area contributed by atoms with Gasteiger partial charge in [0.25, 0.3) is 0 Å². The molecule has 1 aromatic heterocycles. The summed E-state index contributed by atoms with van der Waals surface area (Å²) in [7, 11) is 0. The van der Waals surface area contributed by atoms with Crippen LogP contribution < -0.4 is 5.73 Å². The first-order valence-electron chi connectivity index (χ1n) is 7.07. The zero-order valence-corrected chi connectivity index (χ0v) is 12.7. The lowest BCUT2D eigenvalue weighted by atomic mass is 9.86. The summed E-state index contributed by atoms with van der Waals surface area (Å²) >= 11 is 1.60. The lowest BCUT2D eigenvalue weighted by Crippen LogP contribution is -2.13. The summed E-state index contributed by atoms with van der Waals surface area (Å²) in [5.41, 5.74) is 9.96. The summed E-state index contributed by atoms with van der Waals surface area (Å²) in [5.74, 6) is 0.778. The number of hydrogen-bond acceptors (Lipinski definition) is 3. The predicted molar refractivity (Wildman–Crippen MR) is 84.5 cm³/mol. The molecule has 2 nitrogen and oxygen atoms in total. The minimum absolute atomic E-state index is 0.0817. The van der Waals surface area contributed by atoms with Crippen molar-refractivity contribution in [1.29, 1.82) is 0 Å². The van der Waals surface area contributed by atoms with Crippen molar-refractivity contribution in [3.63, 3.8) is 0 Å². The molecule has 0 saturated heterocycles. The van der Waals surface area contributed by atoms with E-state index in [9.17, 15) is 4.79 Å². The van der Waals surface area contributed by atoms with Crippen LogP contribution in [0.2, 0.25) is 0 Å². The summed E-state index contributed by atoms with van der Waals surface area (Å²) in [6.45, 7) is 4.27. The summed E-state index contributed by atoms with van der Waals surface area (Å²) in [6.07, 6.45) is 3.19. The van der Waals surface area contributed by atoms with Crippen molar-refractivity contribution < 1.29 is 4.79 Å². The van der Waals surface area contributed by atoms with E-state index in [1.807, 2.05) is 31.2 Å². The molecule has 1 aliphatic rings. The van der Waals surface area contributed by atoms with E-state index in [-0.39, 0.29) is 5.78 Å². The number of fused-ring (bicyclic) bond motifs is 1. The Labute approximate surface area is 123 Å². The molecular formula is C17H19NOS. The smallest absolute Gasteiger partial charge is 0.196 e. The van der Waals surface area contributed by atoms with Crippen LogP contribution in [0.15, 0.2) is 24.3 Å². The minimum Gasteiger partial charge on any atom is -0.390 e. The Morgan fingerprint density at radius 3 is 2.95 bits per heavy atom. The molecule has 20 heavy (non-hydrogen) atoms. The minimum atomic E-state index is 0.0817. The molecule has 0 aliphatic heterocycles. The van der Waals surface area contributed by atoms with Gasteiger partial charge < -0.3 is 5.73 Å². The normalized spacial score (nSPS) is 17.8. The Hall–Kier alpha value is -1.61. The highest BCUT2D eigenvalue weighted by atomic mass is 32.1. The number of ketones is 1. The number of carbonyl (C=O) groups excluding carboxylic acids is 1. The van der Waals surface area contributed by atoms with E-state index in [1.54, 1.807) is 11.3 Å². The third-order valence-corrected chi connectivity index (χ3v) is 5.13. The lowest BCUT2D eigenvalue weighted by Gasteiger charge is -2.18. The first-order valence-corrected chi connectivity index (χ1v) is 7.89. The van der Waals surface area contributed by atoms with Gasteiger partial charge in [-0.3, -0.25) is 4.79 Å². The molecule has 1 atom stereocenters. The Morgan fingerprint density at radius 1 is 1.40 bits per heavy atom. The molecule has 0 spiro atoms. The van der Waals surface area contributed by atoms with E-state index >= 15 is 0 Å². The van der Waals surface area contributed by atoms with E-state index in [2.05, 4.69) is 6.92 Å². The van der Waals surface area contributed by atoms with Gasteiger partial charge in [0.05, 0.1) is 10.6 Å². The SMILES string of the molecule is Cc1cccc(C(=O)c2c(N)sc3c2CC[C@@H](C)C3)c1. The third-order valence-electron chi connectivity index (χ3n) is 4.05. The number of aryl methyl sites for hydroxylation is 1. The molecule has 2 aromatic rings. The Bertz CT molecular complexity index is 672. The molecule has 0 bridgehead atoms. The maximum Gasteiger partial charge on any atom is 0.196 e. The molecular weight excluding hydrogens is 266 g/mol. The first-order chi connectivity index (χ1) is 9.56. The number of benzene rings is 1. The van der Waals surface area contributed by atoms with Crippen molar-refractivity contribution in [2.45, 2.75) is 33.1 Å². The number of thiophene rings is 1. The zero-order chi connectivity index (χ0) is 14.3. The first kappa shape index (κ1) is 13.4. The van der Waals surface area contributed by atoms with Crippen LogP contribution in [0.25, 0.3) is 0 Å². The molecule has 1 heterocycles. The van der Waals surface area contributed by atoms with Gasteiger partial charge in [0, 0.05) is 10.4 Å². The van der Waals surface area contributed by atoms with Crippen molar-refractivity contribution in [3.8, 4) is 0 Å². The largest absolute Gasteiger partial charge is 0.390 e. The number of nitrogen functional groups attached to an aromatic ring is 1. The van der Waals surface area contributed by atoms with Crippen LogP contribution in [-0.2, 0) is 12.8 Å². The number of anilines is 1. The molecule has 0 unspecified atom stereocenters. The van der Waals surface area contributed by atoms with Gasteiger partial charge in [0.1, 0.15) is 0 Å². The fourth-order valence-electron chi connectivity index (χ4n) is 2.95. The molecule has 1 aromatic carbocycles. The van der Waals surface area contributed by atoms with Crippen molar-refractivity contribution >= 4 is 22.1 Å². The van der Waals surface area contributed by atoms with Crippen LogP contribution in [-0.4, -0.2) is 5.78 Å². The standard InChI is InChI=1S/C17H19NOS/c1-10-4-3-5-12(8-10)16(19)15-13-7-6-11(2)9-14(13)20-17(15)18/h3-5,8,11H,6-7,9,18H2,1-2H3/t11-/m1/s1.